The summed E-state index contributed by atoms with van der Waals surface area (Å²) in [5.41, 5.74) is 1.18. The molecule has 6 nitrogen and oxygen atoms in total. The Hall–Kier alpha value is -1.51. The number of carbonyl (C=O) groups excluding carboxylic acids is 1. The highest BCUT2D eigenvalue weighted by molar-refractivity contribution is 14.0. The van der Waals surface area contributed by atoms with Gasteiger partial charge in [-0.3, -0.25) is 4.79 Å². The van der Waals surface area contributed by atoms with E-state index in [0.29, 0.717) is 6.54 Å². The number of guanidine groups is 1. The van der Waals surface area contributed by atoms with Gasteiger partial charge in [-0.2, -0.15) is 0 Å². The molecule has 1 aromatic carbocycles. The number of benzene rings is 1. The van der Waals surface area contributed by atoms with E-state index in [2.05, 4.69) is 28.6 Å². The van der Waals surface area contributed by atoms with Crippen molar-refractivity contribution in [2.24, 2.45) is 10.9 Å². The number of nitrogens with zero attached hydrogens (tertiary/aromatic N) is 2. The van der Waals surface area contributed by atoms with Crippen molar-refractivity contribution >= 4 is 35.8 Å². The topological polar surface area (TPSA) is 66.0 Å². The minimum Gasteiger partial charge on any atom is -0.489 e. The molecule has 28 heavy (non-hydrogen) atoms. The Morgan fingerprint density at radius 3 is 2.75 bits per heavy atom. The molecular weight excluding hydrogens is 467 g/mol. The number of rotatable bonds is 7. The second-order valence-electron chi connectivity index (χ2n) is 7.53. The predicted octanol–water partition coefficient (Wildman–Crippen LogP) is 3.19. The lowest BCUT2D eigenvalue weighted by Gasteiger charge is -2.21. The Kier molecular flexibility index (Phi) is 10.6. The third kappa shape index (κ3) is 7.85. The summed E-state index contributed by atoms with van der Waals surface area (Å²) in [4.78, 5) is 18.8. The molecular formula is C21H35IN4O2. The first-order chi connectivity index (χ1) is 12.9. The molecule has 158 valence electrons. The fraction of sp³-hybridized carbons (Fsp3) is 0.619. The molecule has 1 saturated heterocycles. The van der Waals surface area contributed by atoms with Gasteiger partial charge in [0.15, 0.2) is 5.96 Å². The van der Waals surface area contributed by atoms with Crippen molar-refractivity contribution in [3.8, 4) is 5.75 Å². The van der Waals surface area contributed by atoms with Crippen LogP contribution in [0.5, 0.6) is 5.75 Å². The van der Waals surface area contributed by atoms with Crippen LogP contribution in [0.3, 0.4) is 0 Å². The van der Waals surface area contributed by atoms with Gasteiger partial charge in [0.2, 0.25) is 5.91 Å². The standard InChI is InChI=1S/C21H34N4O2.HI/c1-6-22-21(24-18-10-11-25(14-18)20(26)15(2)3)23-13-17(5)27-19-9-7-8-16(4)12-19;/h7-9,12,15,17-18H,6,10-11,13-14H2,1-5H3,(H2,22,23,24);1H. The fourth-order valence-corrected chi connectivity index (χ4v) is 3.13. The summed E-state index contributed by atoms with van der Waals surface area (Å²) in [6, 6.07) is 8.28. The van der Waals surface area contributed by atoms with Crippen LogP contribution < -0.4 is 15.4 Å². The zero-order chi connectivity index (χ0) is 19.8. The van der Waals surface area contributed by atoms with E-state index >= 15 is 0 Å². The highest BCUT2D eigenvalue weighted by Gasteiger charge is 2.27. The monoisotopic (exact) mass is 502 g/mol. The van der Waals surface area contributed by atoms with E-state index in [1.807, 2.05) is 50.8 Å². The van der Waals surface area contributed by atoms with E-state index in [-0.39, 0.29) is 47.9 Å². The molecule has 0 saturated carbocycles. The Bertz CT molecular complexity index is 651. The zero-order valence-electron chi connectivity index (χ0n) is 17.7. The van der Waals surface area contributed by atoms with Crippen LogP contribution in [-0.4, -0.2) is 55.1 Å². The lowest BCUT2D eigenvalue weighted by Crippen LogP contribution is -2.45. The van der Waals surface area contributed by atoms with Crippen LogP contribution in [0, 0.1) is 12.8 Å². The molecule has 1 amide bonds. The highest BCUT2D eigenvalue weighted by atomic mass is 127. The van der Waals surface area contributed by atoms with E-state index in [1.54, 1.807) is 0 Å². The number of nitrogens with one attached hydrogen (secondary N) is 2. The van der Waals surface area contributed by atoms with E-state index < -0.39 is 0 Å². The minimum absolute atomic E-state index is 0. The number of hydrogen-bond donors (Lipinski definition) is 2. The average Bonchev–Trinajstić information content (AvgIpc) is 3.07. The molecule has 0 aliphatic carbocycles. The first kappa shape index (κ1) is 24.5. The third-order valence-electron chi connectivity index (χ3n) is 4.51. The van der Waals surface area contributed by atoms with Crippen LogP contribution >= 0.6 is 24.0 Å². The van der Waals surface area contributed by atoms with Crippen LogP contribution in [-0.2, 0) is 4.79 Å². The second kappa shape index (κ2) is 12.1. The largest absolute Gasteiger partial charge is 0.489 e. The van der Waals surface area contributed by atoms with Gasteiger partial charge in [-0.15, -0.1) is 24.0 Å². The SMILES string of the molecule is CCNC(=NCC(C)Oc1cccc(C)c1)NC1CCN(C(=O)C(C)C)C1.I. The molecule has 2 rings (SSSR count). The van der Waals surface area contributed by atoms with Gasteiger partial charge in [0.05, 0.1) is 6.54 Å². The maximum Gasteiger partial charge on any atom is 0.225 e. The van der Waals surface area contributed by atoms with Crippen molar-refractivity contribution in [3.05, 3.63) is 29.8 Å². The van der Waals surface area contributed by atoms with Gasteiger partial charge in [-0.05, 0) is 44.9 Å². The molecule has 7 heteroatoms. The van der Waals surface area contributed by atoms with Crippen LogP contribution in [0.1, 0.15) is 39.7 Å². The maximum atomic E-state index is 12.2. The number of aliphatic imine (C=N–C) groups is 1. The molecule has 1 aromatic rings. The van der Waals surface area contributed by atoms with Crippen LogP contribution in [0.15, 0.2) is 29.3 Å². The molecule has 0 aromatic heterocycles. The van der Waals surface area contributed by atoms with E-state index in [1.165, 1.54) is 5.56 Å². The molecule has 0 spiro atoms. The first-order valence-corrected chi connectivity index (χ1v) is 9.96. The summed E-state index contributed by atoms with van der Waals surface area (Å²) in [6.45, 7) is 12.9. The molecule has 1 fully saturated rings. The van der Waals surface area contributed by atoms with Gasteiger partial charge in [0, 0.05) is 31.6 Å². The van der Waals surface area contributed by atoms with Gasteiger partial charge in [-0.1, -0.05) is 26.0 Å². The Balaban J connectivity index is 0.00000392. The molecule has 1 aliphatic heterocycles. The zero-order valence-corrected chi connectivity index (χ0v) is 20.0. The van der Waals surface area contributed by atoms with Crippen LogP contribution in [0.4, 0.5) is 0 Å². The quantitative estimate of drug-likeness (QED) is 0.342. The normalized spacial score (nSPS) is 17.9. The van der Waals surface area contributed by atoms with E-state index in [4.69, 9.17) is 4.74 Å². The number of halogens is 1. The van der Waals surface area contributed by atoms with Gasteiger partial charge in [0.1, 0.15) is 11.9 Å². The number of hydrogen-bond acceptors (Lipinski definition) is 3. The molecule has 2 atom stereocenters. The molecule has 0 bridgehead atoms. The first-order valence-electron chi connectivity index (χ1n) is 9.96. The van der Waals surface area contributed by atoms with Gasteiger partial charge < -0.3 is 20.3 Å². The smallest absolute Gasteiger partial charge is 0.225 e. The van der Waals surface area contributed by atoms with Crippen molar-refractivity contribution in [2.75, 3.05) is 26.2 Å². The maximum absolute atomic E-state index is 12.2. The lowest BCUT2D eigenvalue weighted by atomic mass is 10.2. The van der Waals surface area contributed by atoms with Crippen molar-refractivity contribution < 1.29 is 9.53 Å². The van der Waals surface area contributed by atoms with Crippen molar-refractivity contribution in [1.82, 2.24) is 15.5 Å². The average molecular weight is 502 g/mol. The predicted molar refractivity (Wildman–Crippen MR) is 126 cm³/mol. The number of likely N-dealkylation sites (tertiary alicyclic amines) is 1. The van der Waals surface area contributed by atoms with Crippen molar-refractivity contribution in [1.29, 1.82) is 0 Å². The summed E-state index contributed by atoms with van der Waals surface area (Å²) in [5, 5.41) is 6.74. The van der Waals surface area contributed by atoms with Crippen molar-refractivity contribution in [2.45, 2.75) is 53.2 Å². The summed E-state index contributed by atoms with van der Waals surface area (Å²) >= 11 is 0. The van der Waals surface area contributed by atoms with Gasteiger partial charge in [0.25, 0.3) is 0 Å². The van der Waals surface area contributed by atoms with Crippen LogP contribution in [0.2, 0.25) is 0 Å². The Morgan fingerprint density at radius 2 is 2.11 bits per heavy atom. The van der Waals surface area contributed by atoms with Crippen molar-refractivity contribution in [3.63, 3.8) is 0 Å². The number of aryl methyl sites for hydroxylation is 1. The second-order valence-corrected chi connectivity index (χ2v) is 7.53. The molecule has 0 radical (unpaired) electrons. The Morgan fingerprint density at radius 1 is 1.36 bits per heavy atom. The fourth-order valence-electron chi connectivity index (χ4n) is 3.13. The molecule has 1 heterocycles. The summed E-state index contributed by atoms with van der Waals surface area (Å²) in [6.07, 6.45) is 0.919. The van der Waals surface area contributed by atoms with E-state index in [0.717, 1.165) is 37.8 Å². The van der Waals surface area contributed by atoms with Gasteiger partial charge >= 0.3 is 0 Å². The summed E-state index contributed by atoms with van der Waals surface area (Å²) in [7, 11) is 0. The summed E-state index contributed by atoms with van der Waals surface area (Å²) < 4.78 is 5.95. The molecule has 2 N–H and O–H groups in total. The third-order valence-corrected chi connectivity index (χ3v) is 4.51. The van der Waals surface area contributed by atoms with Crippen LogP contribution in [0.25, 0.3) is 0 Å². The minimum atomic E-state index is -0.0233. The molecule has 1 aliphatic rings. The van der Waals surface area contributed by atoms with Gasteiger partial charge in [-0.25, -0.2) is 4.99 Å². The highest BCUT2D eigenvalue weighted by Crippen LogP contribution is 2.15. The number of carbonyl (C=O) groups is 1. The summed E-state index contributed by atoms with van der Waals surface area (Å²) in [5.74, 6) is 1.92. The van der Waals surface area contributed by atoms with E-state index in [9.17, 15) is 4.79 Å². The molecule has 2 unspecified atom stereocenters. The Labute approximate surface area is 186 Å². The number of ether oxygens (including phenoxy) is 1. The number of amides is 1. The lowest BCUT2D eigenvalue weighted by molar-refractivity contribution is -0.133.